The minimum Gasteiger partial charge on any atom is -0.314 e. The molecule has 1 fully saturated rings. The van der Waals surface area contributed by atoms with Crippen molar-refractivity contribution >= 4 is 11.9 Å². The highest BCUT2D eigenvalue weighted by molar-refractivity contribution is 7.98. The molecule has 0 amide bonds. The fourth-order valence-electron chi connectivity index (χ4n) is 0.773. The van der Waals surface area contributed by atoms with Gasteiger partial charge in [0, 0.05) is 32.4 Å². The second-order valence-corrected chi connectivity index (χ2v) is 2.58. The van der Waals surface area contributed by atoms with Crippen molar-refractivity contribution in [1.82, 2.24) is 9.62 Å². The molecule has 0 unspecified atom stereocenters. The normalized spacial score (nSPS) is 23.6. The molecule has 1 saturated heterocycles. The van der Waals surface area contributed by atoms with E-state index in [9.17, 15) is 0 Å². The van der Waals surface area contributed by atoms with E-state index < -0.39 is 0 Å². The Kier molecular flexibility index (Phi) is 2.66. The Hall–Kier alpha value is 0.270. The van der Waals surface area contributed by atoms with E-state index >= 15 is 0 Å². The first-order chi connectivity index (χ1) is 3.93. The topological polar surface area (TPSA) is 15.3 Å². The highest BCUT2D eigenvalue weighted by atomic mass is 32.2. The molecule has 1 N–H and O–H groups in total. The zero-order valence-corrected chi connectivity index (χ0v) is 5.71. The average Bonchev–Trinajstić information content (AvgIpc) is 1.90. The Morgan fingerprint density at radius 3 is 2.38 bits per heavy atom. The standard InChI is InChI=1S/C5H11N2S/c1-8-7-4-2-6-3-5-7/h6H,1-5H2. The Labute approximate surface area is 54.8 Å². The molecule has 0 saturated carbocycles. The van der Waals surface area contributed by atoms with Crippen molar-refractivity contribution in [1.29, 1.82) is 0 Å². The third-order valence-electron chi connectivity index (χ3n) is 1.26. The smallest absolute Gasteiger partial charge is 0.0215 e. The number of piperazine rings is 1. The van der Waals surface area contributed by atoms with E-state index in [1.54, 1.807) is 11.9 Å². The van der Waals surface area contributed by atoms with Gasteiger partial charge < -0.3 is 5.32 Å². The van der Waals surface area contributed by atoms with Crippen LogP contribution < -0.4 is 5.32 Å². The van der Waals surface area contributed by atoms with Gasteiger partial charge in [0.15, 0.2) is 0 Å². The molecule has 0 bridgehead atoms. The predicted molar refractivity (Wildman–Crippen MR) is 37.4 cm³/mol. The molecule has 1 heterocycles. The van der Waals surface area contributed by atoms with Gasteiger partial charge in [0.25, 0.3) is 0 Å². The molecule has 0 aliphatic carbocycles. The second kappa shape index (κ2) is 3.33. The quantitative estimate of drug-likeness (QED) is 0.516. The van der Waals surface area contributed by atoms with Crippen LogP contribution in [0.15, 0.2) is 0 Å². The molecule has 2 nitrogen and oxygen atoms in total. The van der Waals surface area contributed by atoms with E-state index in [1.807, 2.05) is 0 Å². The summed E-state index contributed by atoms with van der Waals surface area (Å²) in [4.78, 5) is 0. The van der Waals surface area contributed by atoms with Crippen LogP contribution in [0.4, 0.5) is 0 Å². The number of hydrogen-bond acceptors (Lipinski definition) is 3. The van der Waals surface area contributed by atoms with Gasteiger partial charge in [-0.2, -0.15) is 0 Å². The molecule has 1 radical (unpaired) electrons. The van der Waals surface area contributed by atoms with Crippen molar-refractivity contribution in [3.63, 3.8) is 0 Å². The maximum atomic E-state index is 3.72. The molecule has 0 aromatic heterocycles. The van der Waals surface area contributed by atoms with Crippen LogP contribution in [0.2, 0.25) is 0 Å². The van der Waals surface area contributed by atoms with Gasteiger partial charge in [-0.15, -0.1) is 0 Å². The minimum absolute atomic E-state index is 1.11. The Morgan fingerprint density at radius 2 is 2.00 bits per heavy atom. The number of nitrogens with zero attached hydrogens (tertiary/aromatic N) is 1. The zero-order chi connectivity index (χ0) is 5.82. The molecule has 3 heteroatoms. The maximum Gasteiger partial charge on any atom is 0.0215 e. The zero-order valence-electron chi connectivity index (χ0n) is 4.89. The lowest BCUT2D eigenvalue weighted by atomic mass is 10.4. The summed E-state index contributed by atoms with van der Waals surface area (Å²) < 4.78 is 2.26. The van der Waals surface area contributed by atoms with Gasteiger partial charge in [0.2, 0.25) is 0 Å². The summed E-state index contributed by atoms with van der Waals surface area (Å²) in [5.41, 5.74) is 0. The summed E-state index contributed by atoms with van der Waals surface area (Å²) in [6.07, 6.45) is 3.72. The molecule has 47 valence electrons. The lowest BCUT2D eigenvalue weighted by Gasteiger charge is -2.23. The van der Waals surface area contributed by atoms with E-state index in [4.69, 9.17) is 0 Å². The van der Waals surface area contributed by atoms with E-state index in [0.29, 0.717) is 0 Å². The van der Waals surface area contributed by atoms with Crippen molar-refractivity contribution < 1.29 is 0 Å². The van der Waals surface area contributed by atoms with Gasteiger partial charge in [0.1, 0.15) is 0 Å². The number of hydrogen-bond donors (Lipinski definition) is 1. The van der Waals surface area contributed by atoms with Crippen LogP contribution in [-0.2, 0) is 0 Å². The molecular formula is C5H11N2S. The summed E-state index contributed by atoms with van der Waals surface area (Å²) in [6, 6.07) is 0. The molecule has 1 aliphatic heterocycles. The van der Waals surface area contributed by atoms with Gasteiger partial charge in [0.05, 0.1) is 0 Å². The molecule has 1 rings (SSSR count). The van der Waals surface area contributed by atoms with Crippen molar-refractivity contribution in [2.75, 3.05) is 26.2 Å². The van der Waals surface area contributed by atoms with E-state index in [-0.39, 0.29) is 0 Å². The van der Waals surface area contributed by atoms with Crippen molar-refractivity contribution in [3.8, 4) is 0 Å². The summed E-state index contributed by atoms with van der Waals surface area (Å²) in [7, 11) is 0. The van der Waals surface area contributed by atoms with Crippen LogP contribution in [0.25, 0.3) is 0 Å². The van der Waals surface area contributed by atoms with Crippen molar-refractivity contribution in [2.45, 2.75) is 0 Å². The van der Waals surface area contributed by atoms with Crippen LogP contribution in [0.5, 0.6) is 0 Å². The van der Waals surface area contributed by atoms with E-state index in [1.165, 1.54) is 0 Å². The molecule has 0 atom stereocenters. The minimum atomic E-state index is 1.11. The number of rotatable bonds is 1. The summed E-state index contributed by atoms with van der Waals surface area (Å²) in [6.45, 7) is 4.49. The van der Waals surface area contributed by atoms with Gasteiger partial charge in [-0.1, -0.05) is 11.9 Å². The Balaban J connectivity index is 2.13. The highest BCUT2D eigenvalue weighted by Crippen LogP contribution is 2.05. The Bertz CT molecular complexity index is 61.4. The van der Waals surface area contributed by atoms with Crippen LogP contribution in [0, 0.1) is 6.26 Å². The van der Waals surface area contributed by atoms with Crippen molar-refractivity contribution in [2.24, 2.45) is 0 Å². The SMILES string of the molecule is [CH2]SN1CCNCC1. The lowest BCUT2D eigenvalue weighted by molar-refractivity contribution is 0.398. The largest absolute Gasteiger partial charge is 0.314 e. The summed E-state index contributed by atoms with van der Waals surface area (Å²) >= 11 is 1.59. The Morgan fingerprint density at radius 1 is 1.38 bits per heavy atom. The summed E-state index contributed by atoms with van der Waals surface area (Å²) in [5.74, 6) is 0. The van der Waals surface area contributed by atoms with Gasteiger partial charge in [-0.3, -0.25) is 0 Å². The third kappa shape index (κ3) is 1.65. The lowest BCUT2D eigenvalue weighted by Crippen LogP contribution is -2.39. The first-order valence-electron chi connectivity index (χ1n) is 2.81. The maximum absolute atomic E-state index is 3.72. The molecule has 1 aliphatic rings. The van der Waals surface area contributed by atoms with E-state index in [0.717, 1.165) is 26.2 Å². The van der Waals surface area contributed by atoms with E-state index in [2.05, 4.69) is 15.9 Å². The van der Waals surface area contributed by atoms with Crippen LogP contribution in [0.1, 0.15) is 0 Å². The average molecular weight is 131 g/mol. The van der Waals surface area contributed by atoms with Crippen LogP contribution in [-0.4, -0.2) is 30.5 Å². The summed E-state index contributed by atoms with van der Waals surface area (Å²) in [5, 5.41) is 3.27. The predicted octanol–water partition coefficient (Wildman–Crippen LogP) is 0.331. The molecular weight excluding hydrogens is 120 g/mol. The number of nitrogens with one attached hydrogen (secondary N) is 1. The van der Waals surface area contributed by atoms with Crippen LogP contribution >= 0.6 is 11.9 Å². The molecule has 0 aromatic carbocycles. The second-order valence-electron chi connectivity index (χ2n) is 1.81. The molecule has 8 heavy (non-hydrogen) atoms. The fraction of sp³-hybridized carbons (Fsp3) is 0.800. The first kappa shape index (κ1) is 6.39. The van der Waals surface area contributed by atoms with Gasteiger partial charge in [-0.05, 0) is 0 Å². The first-order valence-corrected chi connectivity index (χ1v) is 3.75. The van der Waals surface area contributed by atoms with Gasteiger partial charge in [-0.25, -0.2) is 4.31 Å². The fourth-order valence-corrected chi connectivity index (χ4v) is 1.21. The highest BCUT2D eigenvalue weighted by Gasteiger charge is 2.05. The van der Waals surface area contributed by atoms with Gasteiger partial charge >= 0.3 is 0 Å². The monoisotopic (exact) mass is 131 g/mol. The third-order valence-corrected chi connectivity index (χ3v) is 1.99. The van der Waals surface area contributed by atoms with Crippen LogP contribution in [0.3, 0.4) is 0 Å². The van der Waals surface area contributed by atoms with Crippen molar-refractivity contribution in [3.05, 3.63) is 6.26 Å². The molecule has 0 aromatic rings. The molecule has 0 spiro atoms.